The molecule has 0 atom stereocenters. The Labute approximate surface area is 184 Å². The highest BCUT2D eigenvalue weighted by molar-refractivity contribution is 7.89. The number of nitrogens with zero attached hydrogens (tertiary/aromatic N) is 2. The minimum absolute atomic E-state index is 0.106. The van der Waals surface area contributed by atoms with Crippen molar-refractivity contribution in [2.75, 3.05) is 38.2 Å². The van der Waals surface area contributed by atoms with E-state index in [0.717, 1.165) is 50.2 Å². The summed E-state index contributed by atoms with van der Waals surface area (Å²) < 4.78 is 32.0. The lowest BCUT2D eigenvalue weighted by molar-refractivity contribution is 0.0931. The minimum atomic E-state index is -3.46. The first-order valence-corrected chi connectivity index (χ1v) is 12.2. The molecule has 2 aromatic rings. The molecule has 0 unspecified atom stereocenters. The molecule has 2 aromatic carbocycles. The first kappa shape index (κ1) is 21.6. The van der Waals surface area contributed by atoms with Crippen LogP contribution in [0, 0.1) is 0 Å². The van der Waals surface area contributed by atoms with E-state index in [1.54, 1.807) is 19.2 Å². The Kier molecular flexibility index (Phi) is 6.48. The molecule has 0 aliphatic carbocycles. The minimum Gasteiger partial charge on any atom is -0.497 e. The molecule has 2 aliphatic rings. The zero-order valence-corrected chi connectivity index (χ0v) is 18.6. The molecule has 8 heteroatoms. The molecule has 0 bridgehead atoms. The van der Waals surface area contributed by atoms with Crippen LogP contribution in [0.4, 0.5) is 5.69 Å². The van der Waals surface area contributed by atoms with E-state index in [1.807, 2.05) is 12.1 Å². The van der Waals surface area contributed by atoms with Gasteiger partial charge in [-0.1, -0.05) is 0 Å². The first-order valence-electron chi connectivity index (χ1n) is 10.8. The molecule has 166 valence electrons. The van der Waals surface area contributed by atoms with Crippen molar-refractivity contribution in [1.82, 2.24) is 9.62 Å². The Hall–Kier alpha value is -2.58. The topological polar surface area (TPSA) is 79.0 Å². The predicted molar refractivity (Wildman–Crippen MR) is 120 cm³/mol. The number of hydrogen-bond donors (Lipinski definition) is 1. The van der Waals surface area contributed by atoms with Crippen LogP contribution in [0.5, 0.6) is 5.75 Å². The Morgan fingerprint density at radius 2 is 1.55 bits per heavy atom. The van der Waals surface area contributed by atoms with Crippen molar-refractivity contribution in [3.05, 3.63) is 54.1 Å². The summed E-state index contributed by atoms with van der Waals surface area (Å²) in [6.07, 6.45) is 3.52. The molecule has 0 radical (unpaired) electrons. The molecule has 0 spiro atoms. The summed E-state index contributed by atoms with van der Waals surface area (Å²) >= 11 is 0. The number of amides is 1. The molecule has 7 nitrogen and oxygen atoms in total. The zero-order chi connectivity index (χ0) is 21.8. The Balaban J connectivity index is 1.31. The van der Waals surface area contributed by atoms with Gasteiger partial charge in [-0.15, -0.1) is 0 Å². The molecule has 2 aliphatic heterocycles. The number of ether oxygens (including phenoxy) is 1. The molecule has 1 amide bonds. The van der Waals surface area contributed by atoms with Crippen molar-refractivity contribution in [2.24, 2.45) is 0 Å². The van der Waals surface area contributed by atoms with Crippen molar-refractivity contribution >= 4 is 21.6 Å². The van der Waals surface area contributed by atoms with E-state index >= 15 is 0 Å². The second kappa shape index (κ2) is 9.28. The summed E-state index contributed by atoms with van der Waals surface area (Å²) in [5.74, 6) is 0.679. The van der Waals surface area contributed by atoms with Crippen molar-refractivity contribution in [3.8, 4) is 5.75 Å². The number of sulfonamides is 1. The predicted octanol–water partition coefficient (Wildman–Crippen LogP) is 2.88. The number of carbonyl (C=O) groups excluding carboxylic acids is 1. The summed E-state index contributed by atoms with van der Waals surface area (Å²) in [5, 5.41) is 3.09. The van der Waals surface area contributed by atoms with Crippen molar-refractivity contribution in [1.29, 1.82) is 0 Å². The highest BCUT2D eigenvalue weighted by Crippen LogP contribution is 2.24. The monoisotopic (exact) mass is 443 g/mol. The van der Waals surface area contributed by atoms with E-state index in [0.29, 0.717) is 18.7 Å². The van der Waals surface area contributed by atoms with Crippen LogP contribution in [0.2, 0.25) is 0 Å². The molecule has 2 fully saturated rings. The molecule has 31 heavy (non-hydrogen) atoms. The quantitative estimate of drug-likeness (QED) is 0.743. The Morgan fingerprint density at radius 1 is 0.935 bits per heavy atom. The van der Waals surface area contributed by atoms with Crippen LogP contribution in [0.15, 0.2) is 53.4 Å². The van der Waals surface area contributed by atoms with Crippen LogP contribution >= 0.6 is 0 Å². The highest BCUT2D eigenvalue weighted by atomic mass is 32.2. The SMILES string of the molecule is COc1ccc(N2CCC(NC(=O)c3ccc(S(=O)(=O)N4CCCC4)cc3)CC2)cc1. The standard InChI is InChI=1S/C23H29N3O4S/c1-30-21-8-6-20(7-9-21)25-16-12-19(13-17-25)24-23(27)18-4-10-22(11-5-18)31(28,29)26-14-2-3-15-26/h4-11,19H,2-3,12-17H2,1H3,(H,24,27). The van der Waals surface area contributed by atoms with Gasteiger partial charge in [-0.3, -0.25) is 4.79 Å². The largest absolute Gasteiger partial charge is 0.497 e. The van der Waals surface area contributed by atoms with E-state index < -0.39 is 10.0 Å². The first-order chi connectivity index (χ1) is 15.0. The molecule has 2 saturated heterocycles. The van der Waals surface area contributed by atoms with Crippen molar-refractivity contribution in [2.45, 2.75) is 36.6 Å². The average Bonchev–Trinajstić information content (AvgIpc) is 3.36. The van der Waals surface area contributed by atoms with Gasteiger partial charge < -0.3 is 15.0 Å². The fourth-order valence-electron chi connectivity index (χ4n) is 4.20. The third kappa shape index (κ3) is 4.85. The van der Waals surface area contributed by atoms with E-state index in [-0.39, 0.29) is 16.8 Å². The van der Waals surface area contributed by atoms with Gasteiger partial charge in [0.25, 0.3) is 5.91 Å². The van der Waals surface area contributed by atoms with Gasteiger partial charge >= 0.3 is 0 Å². The van der Waals surface area contributed by atoms with Crippen LogP contribution in [0.3, 0.4) is 0 Å². The van der Waals surface area contributed by atoms with Crippen LogP contribution < -0.4 is 15.0 Å². The molecule has 2 heterocycles. The van der Waals surface area contributed by atoms with Crippen LogP contribution in [0.25, 0.3) is 0 Å². The van der Waals surface area contributed by atoms with E-state index in [2.05, 4.69) is 22.3 Å². The summed E-state index contributed by atoms with van der Waals surface area (Å²) in [5.41, 5.74) is 1.64. The maximum Gasteiger partial charge on any atom is 0.251 e. The number of rotatable bonds is 6. The summed E-state index contributed by atoms with van der Waals surface area (Å²) in [7, 11) is -1.80. The van der Waals surface area contributed by atoms with Gasteiger partial charge in [-0.25, -0.2) is 8.42 Å². The molecule has 0 aromatic heterocycles. The van der Waals surface area contributed by atoms with Gasteiger partial charge in [-0.05, 0) is 74.2 Å². The normalized spacial score (nSPS) is 18.2. The summed E-state index contributed by atoms with van der Waals surface area (Å²) in [6.45, 7) is 2.87. The van der Waals surface area contributed by atoms with Gasteiger partial charge in [0.15, 0.2) is 0 Å². The average molecular weight is 444 g/mol. The Bertz CT molecular complexity index is 992. The van der Waals surface area contributed by atoms with Gasteiger partial charge in [0, 0.05) is 43.5 Å². The fraction of sp³-hybridized carbons (Fsp3) is 0.435. The molecular formula is C23H29N3O4S. The third-order valence-electron chi connectivity index (χ3n) is 6.09. The van der Waals surface area contributed by atoms with Gasteiger partial charge in [0.05, 0.1) is 12.0 Å². The maximum atomic E-state index is 12.7. The number of anilines is 1. The molecule has 0 saturated carbocycles. The van der Waals surface area contributed by atoms with E-state index in [9.17, 15) is 13.2 Å². The molecule has 4 rings (SSSR count). The number of nitrogens with one attached hydrogen (secondary N) is 1. The molecular weight excluding hydrogens is 414 g/mol. The van der Waals surface area contributed by atoms with Crippen LogP contribution in [-0.2, 0) is 10.0 Å². The summed E-state index contributed by atoms with van der Waals surface area (Å²) in [6, 6.07) is 14.4. The lowest BCUT2D eigenvalue weighted by Crippen LogP contribution is -2.44. The van der Waals surface area contributed by atoms with E-state index in [1.165, 1.54) is 16.4 Å². The second-order valence-corrected chi connectivity index (χ2v) is 10.0. The smallest absolute Gasteiger partial charge is 0.251 e. The lowest BCUT2D eigenvalue weighted by Gasteiger charge is -2.34. The number of carbonyl (C=O) groups is 1. The van der Waals surface area contributed by atoms with Gasteiger partial charge in [0.1, 0.15) is 5.75 Å². The Morgan fingerprint density at radius 3 is 2.13 bits per heavy atom. The van der Waals surface area contributed by atoms with Crippen molar-refractivity contribution < 1.29 is 17.9 Å². The fourth-order valence-corrected chi connectivity index (χ4v) is 5.72. The number of piperidine rings is 1. The number of methoxy groups -OCH3 is 1. The highest BCUT2D eigenvalue weighted by Gasteiger charge is 2.27. The second-order valence-electron chi connectivity index (χ2n) is 8.07. The number of benzene rings is 2. The van der Waals surface area contributed by atoms with Gasteiger partial charge in [0.2, 0.25) is 10.0 Å². The lowest BCUT2D eigenvalue weighted by atomic mass is 10.0. The summed E-state index contributed by atoms with van der Waals surface area (Å²) in [4.78, 5) is 15.2. The van der Waals surface area contributed by atoms with Crippen LogP contribution in [-0.4, -0.2) is 58.0 Å². The number of hydrogen-bond acceptors (Lipinski definition) is 5. The molecule has 1 N–H and O–H groups in total. The van der Waals surface area contributed by atoms with Crippen LogP contribution in [0.1, 0.15) is 36.0 Å². The van der Waals surface area contributed by atoms with Gasteiger partial charge in [-0.2, -0.15) is 4.31 Å². The van der Waals surface area contributed by atoms with Crippen molar-refractivity contribution in [3.63, 3.8) is 0 Å². The third-order valence-corrected chi connectivity index (χ3v) is 8.00. The maximum absolute atomic E-state index is 12.7. The van der Waals surface area contributed by atoms with E-state index in [4.69, 9.17) is 4.74 Å². The zero-order valence-electron chi connectivity index (χ0n) is 17.8.